The Morgan fingerprint density at radius 3 is 2.64 bits per heavy atom. The van der Waals surface area contributed by atoms with E-state index in [1.54, 1.807) is 28.8 Å². The molecule has 1 heterocycles. The van der Waals surface area contributed by atoms with Crippen molar-refractivity contribution in [3.05, 3.63) is 75.0 Å². The molecule has 0 radical (unpaired) electrons. The van der Waals surface area contributed by atoms with Gasteiger partial charge in [0.15, 0.2) is 4.77 Å². The SMILES string of the molecule is O=C(CCCCCn1c(=S)[nH]c2ccccc2c1=O)NCc1ccccc1F. The molecule has 7 heteroatoms. The molecule has 0 spiro atoms. The molecule has 0 fully saturated rings. The Balaban J connectivity index is 1.44. The lowest BCUT2D eigenvalue weighted by molar-refractivity contribution is -0.121. The molecule has 0 aliphatic carbocycles. The number of benzene rings is 2. The van der Waals surface area contributed by atoms with Crippen LogP contribution in [0.4, 0.5) is 4.39 Å². The zero-order valence-electron chi connectivity index (χ0n) is 15.4. The van der Waals surface area contributed by atoms with E-state index in [4.69, 9.17) is 12.2 Å². The molecule has 28 heavy (non-hydrogen) atoms. The Kier molecular flexibility index (Phi) is 6.71. The van der Waals surface area contributed by atoms with Crippen molar-refractivity contribution in [2.45, 2.75) is 38.8 Å². The second kappa shape index (κ2) is 9.41. The third-order valence-electron chi connectivity index (χ3n) is 4.61. The molecule has 0 aliphatic rings. The number of rotatable bonds is 8. The van der Waals surface area contributed by atoms with Gasteiger partial charge < -0.3 is 10.3 Å². The van der Waals surface area contributed by atoms with Crippen LogP contribution < -0.4 is 10.9 Å². The van der Waals surface area contributed by atoms with Crippen molar-refractivity contribution in [1.29, 1.82) is 0 Å². The highest BCUT2D eigenvalue weighted by Crippen LogP contribution is 2.08. The molecule has 1 amide bonds. The summed E-state index contributed by atoms with van der Waals surface area (Å²) in [7, 11) is 0. The smallest absolute Gasteiger partial charge is 0.262 e. The van der Waals surface area contributed by atoms with Crippen LogP contribution in [0.25, 0.3) is 10.9 Å². The summed E-state index contributed by atoms with van der Waals surface area (Å²) in [4.78, 5) is 27.5. The highest BCUT2D eigenvalue weighted by Gasteiger charge is 2.06. The molecule has 2 aromatic carbocycles. The maximum atomic E-state index is 13.5. The Labute approximate surface area is 167 Å². The van der Waals surface area contributed by atoms with Crippen molar-refractivity contribution in [1.82, 2.24) is 14.9 Å². The summed E-state index contributed by atoms with van der Waals surface area (Å²) in [5, 5.41) is 3.35. The summed E-state index contributed by atoms with van der Waals surface area (Å²) in [5.41, 5.74) is 1.11. The maximum Gasteiger partial charge on any atom is 0.262 e. The Bertz CT molecular complexity index is 1090. The van der Waals surface area contributed by atoms with Crippen molar-refractivity contribution in [2.75, 3.05) is 0 Å². The molecule has 3 rings (SSSR count). The molecule has 3 aromatic rings. The summed E-state index contributed by atoms with van der Waals surface area (Å²) in [6.45, 7) is 0.697. The van der Waals surface area contributed by atoms with Crippen molar-refractivity contribution in [2.24, 2.45) is 0 Å². The van der Waals surface area contributed by atoms with Gasteiger partial charge in [0.1, 0.15) is 5.82 Å². The van der Waals surface area contributed by atoms with Crippen LogP contribution in [-0.2, 0) is 17.9 Å². The van der Waals surface area contributed by atoms with E-state index in [0.717, 1.165) is 18.4 Å². The molecule has 0 saturated heterocycles. The molecule has 0 aliphatic heterocycles. The number of hydrogen-bond donors (Lipinski definition) is 2. The number of carbonyl (C=O) groups is 1. The van der Waals surface area contributed by atoms with Gasteiger partial charge in [0.25, 0.3) is 5.56 Å². The fourth-order valence-electron chi connectivity index (χ4n) is 3.06. The molecular formula is C21H22FN3O2S. The summed E-state index contributed by atoms with van der Waals surface area (Å²) < 4.78 is 15.5. The van der Waals surface area contributed by atoms with Crippen LogP contribution in [0.1, 0.15) is 31.2 Å². The maximum absolute atomic E-state index is 13.5. The van der Waals surface area contributed by atoms with E-state index < -0.39 is 0 Å². The standard InChI is InChI=1S/C21H22FN3O2S/c22-17-10-5-3-8-15(17)14-23-19(26)12-2-1-7-13-25-20(27)16-9-4-6-11-18(16)24-21(25)28/h3-6,8-11H,1-2,7,12-14H2,(H,23,26)(H,24,28). The van der Waals surface area contributed by atoms with E-state index in [-0.39, 0.29) is 23.8 Å². The molecule has 1 aromatic heterocycles. The predicted octanol–water partition coefficient (Wildman–Crippen LogP) is 4.07. The number of fused-ring (bicyclic) bond motifs is 1. The average molecular weight is 399 g/mol. The van der Waals surface area contributed by atoms with Gasteiger partial charge in [-0.25, -0.2) is 4.39 Å². The van der Waals surface area contributed by atoms with Crippen LogP contribution >= 0.6 is 12.2 Å². The van der Waals surface area contributed by atoms with Gasteiger partial charge in [0.2, 0.25) is 5.91 Å². The van der Waals surface area contributed by atoms with Crippen LogP contribution in [0.2, 0.25) is 0 Å². The lowest BCUT2D eigenvalue weighted by Crippen LogP contribution is -2.23. The molecule has 0 saturated carbocycles. The largest absolute Gasteiger partial charge is 0.352 e. The molecule has 2 N–H and O–H groups in total. The first-order valence-electron chi connectivity index (χ1n) is 9.28. The zero-order valence-corrected chi connectivity index (χ0v) is 16.2. The fourth-order valence-corrected chi connectivity index (χ4v) is 3.34. The van der Waals surface area contributed by atoms with Gasteiger partial charge in [-0.05, 0) is 43.3 Å². The number of H-pyrrole nitrogens is 1. The van der Waals surface area contributed by atoms with Gasteiger partial charge >= 0.3 is 0 Å². The highest BCUT2D eigenvalue weighted by molar-refractivity contribution is 7.71. The van der Waals surface area contributed by atoms with Crippen LogP contribution in [0.15, 0.2) is 53.3 Å². The van der Waals surface area contributed by atoms with Crippen molar-refractivity contribution in [3.63, 3.8) is 0 Å². The van der Waals surface area contributed by atoms with Gasteiger partial charge in [0.05, 0.1) is 10.9 Å². The van der Waals surface area contributed by atoms with E-state index >= 15 is 0 Å². The fraction of sp³-hybridized carbons (Fsp3) is 0.286. The minimum absolute atomic E-state index is 0.0954. The number of carbonyl (C=O) groups excluding carboxylic acids is 1. The van der Waals surface area contributed by atoms with Crippen LogP contribution in [0.3, 0.4) is 0 Å². The molecule has 0 bridgehead atoms. The first kappa shape index (κ1) is 19.9. The predicted molar refractivity (Wildman–Crippen MR) is 110 cm³/mol. The Hall–Kier alpha value is -2.80. The first-order valence-corrected chi connectivity index (χ1v) is 9.69. The lowest BCUT2D eigenvalue weighted by Gasteiger charge is -2.08. The second-order valence-electron chi connectivity index (χ2n) is 6.61. The average Bonchev–Trinajstić information content (AvgIpc) is 2.69. The number of unbranched alkanes of at least 4 members (excludes halogenated alkanes) is 2. The van der Waals surface area contributed by atoms with E-state index in [9.17, 15) is 14.0 Å². The number of halogens is 1. The minimum Gasteiger partial charge on any atom is -0.352 e. The van der Waals surface area contributed by atoms with Gasteiger partial charge in [-0.2, -0.15) is 0 Å². The molecule has 0 unspecified atom stereocenters. The van der Waals surface area contributed by atoms with E-state index in [1.807, 2.05) is 18.2 Å². The number of nitrogens with zero attached hydrogens (tertiary/aromatic N) is 1. The number of aromatic amines is 1. The quantitative estimate of drug-likeness (QED) is 0.443. The molecule has 146 valence electrons. The summed E-state index contributed by atoms with van der Waals surface area (Å²) in [6.07, 6.45) is 2.60. The number of aromatic nitrogens is 2. The topological polar surface area (TPSA) is 66.9 Å². The molecule has 5 nitrogen and oxygen atoms in total. The molecule has 0 atom stereocenters. The lowest BCUT2D eigenvalue weighted by atomic mass is 10.1. The monoisotopic (exact) mass is 399 g/mol. The third kappa shape index (κ3) is 4.92. The summed E-state index contributed by atoms with van der Waals surface area (Å²) in [6, 6.07) is 13.7. The number of para-hydroxylation sites is 1. The van der Waals surface area contributed by atoms with Gasteiger partial charge in [-0.15, -0.1) is 0 Å². The Morgan fingerprint density at radius 2 is 1.82 bits per heavy atom. The Morgan fingerprint density at radius 1 is 1.07 bits per heavy atom. The van der Waals surface area contributed by atoms with Crippen molar-refractivity contribution < 1.29 is 9.18 Å². The van der Waals surface area contributed by atoms with Crippen LogP contribution in [-0.4, -0.2) is 15.5 Å². The van der Waals surface area contributed by atoms with E-state index in [0.29, 0.717) is 35.1 Å². The third-order valence-corrected chi connectivity index (χ3v) is 4.93. The van der Waals surface area contributed by atoms with Crippen LogP contribution in [0, 0.1) is 10.6 Å². The number of hydrogen-bond acceptors (Lipinski definition) is 3. The highest BCUT2D eigenvalue weighted by atomic mass is 32.1. The zero-order chi connectivity index (χ0) is 19.9. The van der Waals surface area contributed by atoms with Gasteiger partial charge in [-0.3, -0.25) is 14.2 Å². The van der Waals surface area contributed by atoms with Gasteiger partial charge in [0, 0.05) is 25.1 Å². The van der Waals surface area contributed by atoms with Crippen molar-refractivity contribution >= 4 is 29.0 Å². The van der Waals surface area contributed by atoms with E-state index in [1.165, 1.54) is 6.07 Å². The number of amides is 1. The minimum atomic E-state index is -0.319. The number of nitrogens with one attached hydrogen (secondary N) is 2. The van der Waals surface area contributed by atoms with E-state index in [2.05, 4.69) is 10.3 Å². The summed E-state index contributed by atoms with van der Waals surface area (Å²) in [5.74, 6) is -0.427. The summed E-state index contributed by atoms with van der Waals surface area (Å²) >= 11 is 5.29. The normalized spacial score (nSPS) is 10.9. The van der Waals surface area contributed by atoms with Gasteiger partial charge in [-0.1, -0.05) is 36.8 Å². The van der Waals surface area contributed by atoms with Crippen molar-refractivity contribution in [3.8, 4) is 0 Å². The first-order chi connectivity index (χ1) is 13.6. The van der Waals surface area contributed by atoms with Crippen LogP contribution in [0.5, 0.6) is 0 Å². The second-order valence-corrected chi connectivity index (χ2v) is 7.00. The molecular weight excluding hydrogens is 377 g/mol.